The van der Waals surface area contributed by atoms with Crippen molar-refractivity contribution < 1.29 is 66.4 Å². The Balaban J connectivity index is 1.20. The van der Waals surface area contributed by atoms with Gasteiger partial charge in [0.1, 0.15) is 61.4 Å². The molecule has 0 aromatic heterocycles. The Morgan fingerprint density at radius 2 is 0.870 bits per heavy atom. The van der Waals surface area contributed by atoms with Gasteiger partial charge in [-0.3, -0.25) is 0 Å². The third-order valence-electron chi connectivity index (χ3n) is 13.6. The highest BCUT2D eigenvalue weighted by Crippen LogP contribution is 2.39. The van der Waals surface area contributed by atoms with Gasteiger partial charge in [0.2, 0.25) is 0 Å². The Hall–Kier alpha value is -6.74. The van der Waals surface area contributed by atoms with E-state index in [0.29, 0.717) is 12.0 Å². The van der Waals surface area contributed by atoms with E-state index in [1.807, 2.05) is 105 Å². The summed E-state index contributed by atoms with van der Waals surface area (Å²) in [4.78, 5) is 34.3. The first-order valence-electron chi connectivity index (χ1n) is 25.6. The molecular weight excluding hydrogens is 993 g/mol. The molecule has 3 aliphatic rings. The summed E-state index contributed by atoms with van der Waals surface area (Å²) in [5.74, 6) is -1.34. The quantitative estimate of drug-likeness (QED) is 0.0242. The van der Waals surface area contributed by atoms with Crippen LogP contribution in [-0.2, 0) is 76.7 Å². The number of carbonyl (C=O) groups excluding carboxylic acids is 2. The lowest BCUT2D eigenvalue weighted by molar-refractivity contribution is -0.369. The van der Waals surface area contributed by atoms with Gasteiger partial charge in [0.15, 0.2) is 25.0 Å². The van der Waals surface area contributed by atoms with Crippen molar-refractivity contribution >= 4 is 11.9 Å². The van der Waals surface area contributed by atoms with E-state index in [4.69, 9.17) is 56.8 Å². The molecule has 0 spiro atoms. The zero-order valence-corrected chi connectivity index (χ0v) is 43.2. The highest BCUT2D eigenvalue weighted by atomic mass is 16.8. The molecule has 3 saturated heterocycles. The van der Waals surface area contributed by atoms with Crippen LogP contribution in [0.25, 0.3) is 20.9 Å². The smallest absolute Gasteiger partial charge is 0.338 e. The molecule has 3 aliphatic heterocycles. The topological polar surface area (TPSA) is 242 Å². The molecule has 0 radical (unpaired) electrons. The van der Waals surface area contributed by atoms with Crippen molar-refractivity contribution in [3.05, 3.63) is 200 Å². The van der Waals surface area contributed by atoms with Gasteiger partial charge in [-0.05, 0) is 64.9 Å². The maximum absolute atomic E-state index is 14.5. The van der Waals surface area contributed by atoms with E-state index in [9.17, 15) is 20.7 Å². The monoisotopic (exact) mass is 1060 g/mol. The second-order valence-corrected chi connectivity index (χ2v) is 18.5. The standard InChI is InChI=1S/C57H64N6O14/c1-5-41-47(50(44(60-62-58)55(67-4)72-41)69-33-37-24-14-8-15-25-37)77-57-52(75-54(65)40-30-20-11-21-31-40)51(70-34-38-26-16-9-17-27-38)48(42(6-2)73-57)76-56-45(61-63-59)49(68-32-36-22-12-7-13-23-36)46(66-3)43(74-56)35-71-53(64)39-28-18-10-19-29-39/h7-31,41-52,55-57H,5-6,32-35H2,1-4H3/t41?,42-,43?,44+,45+,46?,47?,48+,49+,50-,51?,52?,55?,56?,57+/m0/s1. The van der Waals surface area contributed by atoms with Crippen molar-refractivity contribution in [2.45, 2.75) is 139 Å². The molecule has 3 fully saturated rings. The molecule has 20 heteroatoms. The average Bonchev–Trinajstić information content (AvgIpc) is 3.48. The Kier molecular flexibility index (Phi) is 21.0. The summed E-state index contributed by atoms with van der Waals surface area (Å²) in [6.45, 7) is 3.62. The number of benzene rings is 5. The van der Waals surface area contributed by atoms with Gasteiger partial charge >= 0.3 is 11.9 Å². The number of hydrogen-bond acceptors (Lipinski definition) is 16. The predicted molar refractivity (Wildman–Crippen MR) is 277 cm³/mol. The van der Waals surface area contributed by atoms with Crippen LogP contribution in [0.1, 0.15) is 64.1 Å². The zero-order valence-electron chi connectivity index (χ0n) is 43.2. The van der Waals surface area contributed by atoms with Gasteiger partial charge in [0, 0.05) is 24.0 Å². The lowest BCUT2D eigenvalue weighted by Crippen LogP contribution is -2.67. The minimum absolute atomic E-state index is 0.00670. The number of azide groups is 2. The van der Waals surface area contributed by atoms with Crippen LogP contribution in [0.15, 0.2) is 162 Å². The summed E-state index contributed by atoms with van der Waals surface area (Å²) >= 11 is 0. The maximum Gasteiger partial charge on any atom is 0.338 e. The molecule has 8 unspecified atom stereocenters. The first kappa shape index (κ1) is 56.5. The normalized spacial score (nSPS) is 29.0. The van der Waals surface area contributed by atoms with Crippen molar-refractivity contribution in [1.82, 2.24) is 0 Å². The van der Waals surface area contributed by atoms with Crippen molar-refractivity contribution in [2.75, 3.05) is 20.8 Å². The van der Waals surface area contributed by atoms with Crippen LogP contribution in [0.3, 0.4) is 0 Å². The minimum Gasteiger partial charge on any atom is -0.459 e. The van der Waals surface area contributed by atoms with Gasteiger partial charge in [0.05, 0.1) is 43.2 Å². The summed E-state index contributed by atoms with van der Waals surface area (Å²) in [7, 11) is 2.91. The van der Waals surface area contributed by atoms with Crippen LogP contribution in [0.5, 0.6) is 0 Å². The van der Waals surface area contributed by atoms with Gasteiger partial charge < -0.3 is 56.8 Å². The second-order valence-electron chi connectivity index (χ2n) is 18.5. The number of nitrogens with zero attached hydrogens (tertiary/aromatic N) is 6. The minimum atomic E-state index is -1.45. The number of methoxy groups -OCH3 is 2. The number of hydrogen-bond donors (Lipinski definition) is 0. The van der Waals surface area contributed by atoms with Crippen LogP contribution in [-0.4, -0.2) is 125 Å². The molecule has 77 heavy (non-hydrogen) atoms. The van der Waals surface area contributed by atoms with Crippen LogP contribution >= 0.6 is 0 Å². The molecule has 406 valence electrons. The molecule has 0 aliphatic carbocycles. The second kappa shape index (κ2) is 28.6. The van der Waals surface area contributed by atoms with Gasteiger partial charge in [-0.1, -0.05) is 151 Å². The Bertz CT molecular complexity index is 2690. The first-order chi connectivity index (χ1) is 37.8. The summed E-state index contributed by atoms with van der Waals surface area (Å²) in [6.07, 6.45) is -13.8. The fraction of sp³-hybridized carbons (Fsp3) is 0.439. The fourth-order valence-electron chi connectivity index (χ4n) is 9.74. The van der Waals surface area contributed by atoms with Gasteiger partial charge in [-0.25, -0.2) is 9.59 Å². The van der Waals surface area contributed by atoms with E-state index in [2.05, 4.69) is 20.1 Å². The molecule has 15 atom stereocenters. The summed E-state index contributed by atoms with van der Waals surface area (Å²) in [5, 5.41) is 8.33. The van der Waals surface area contributed by atoms with E-state index >= 15 is 0 Å². The highest BCUT2D eigenvalue weighted by Gasteiger charge is 2.57. The van der Waals surface area contributed by atoms with Crippen molar-refractivity contribution in [3.63, 3.8) is 0 Å². The maximum atomic E-state index is 14.5. The van der Waals surface area contributed by atoms with Crippen LogP contribution in [0, 0.1) is 0 Å². The molecular formula is C57H64N6O14. The highest BCUT2D eigenvalue weighted by molar-refractivity contribution is 5.89. The molecule has 0 bridgehead atoms. The molecule has 0 N–H and O–H groups in total. The molecule has 0 amide bonds. The SMILES string of the molecule is CCC1OC(OC)[C@H](N=[N+]=[N-])[C@H](OCc2ccccc2)C1O[C@H]1O[C@@H](CC)[C@@H](OC2OC(COC(=O)c3ccccc3)C(OC)[C@H](OCc3ccccc3)[C@H]2N=[N+]=[N-])C(OCc2ccccc2)C1OC(=O)c1ccccc1. The summed E-state index contributed by atoms with van der Waals surface area (Å²) in [5.41, 5.74) is 23.1. The summed E-state index contributed by atoms with van der Waals surface area (Å²) in [6, 6.07) is 42.9. The number of ether oxygens (including phenoxy) is 12. The Morgan fingerprint density at radius 1 is 0.468 bits per heavy atom. The van der Waals surface area contributed by atoms with E-state index in [1.54, 1.807) is 60.7 Å². The van der Waals surface area contributed by atoms with Crippen LogP contribution in [0.4, 0.5) is 0 Å². The lowest BCUT2D eigenvalue weighted by atomic mass is 9.93. The Labute approximate surface area is 446 Å². The third kappa shape index (κ3) is 14.4. The average molecular weight is 1060 g/mol. The molecule has 0 saturated carbocycles. The first-order valence-corrected chi connectivity index (χ1v) is 25.6. The molecule has 8 rings (SSSR count). The molecule has 20 nitrogen and oxygen atoms in total. The van der Waals surface area contributed by atoms with Crippen LogP contribution < -0.4 is 0 Å². The largest absolute Gasteiger partial charge is 0.459 e. The van der Waals surface area contributed by atoms with Crippen molar-refractivity contribution in [1.29, 1.82) is 0 Å². The van der Waals surface area contributed by atoms with Gasteiger partial charge in [-0.2, -0.15) is 0 Å². The fourth-order valence-corrected chi connectivity index (χ4v) is 9.74. The van der Waals surface area contributed by atoms with E-state index in [0.717, 1.165) is 16.7 Å². The number of esters is 2. The van der Waals surface area contributed by atoms with Gasteiger partial charge in [0.25, 0.3) is 0 Å². The van der Waals surface area contributed by atoms with Gasteiger partial charge in [-0.15, -0.1) is 0 Å². The Morgan fingerprint density at radius 3 is 1.34 bits per heavy atom. The summed E-state index contributed by atoms with van der Waals surface area (Å²) < 4.78 is 78.7. The van der Waals surface area contributed by atoms with E-state index < -0.39 is 104 Å². The molecule has 3 heterocycles. The van der Waals surface area contributed by atoms with Crippen molar-refractivity contribution in [3.8, 4) is 0 Å². The molecule has 5 aromatic rings. The van der Waals surface area contributed by atoms with Crippen molar-refractivity contribution in [2.24, 2.45) is 10.2 Å². The number of carbonyl (C=O) groups is 2. The third-order valence-corrected chi connectivity index (χ3v) is 13.6. The predicted octanol–water partition coefficient (Wildman–Crippen LogP) is 9.61. The van der Waals surface area contributed by atoms with Crippen LogP contribution in [0.2, 0.25) is 0 Å². The van der Waals surface area contributed by atoms with E-state index in [-0.39, 0.29) is 38.4 Å². The lowest BCUT2D eigenvalue weighted by Gasteiger charge is -2.51. The van der Waals surface area contributed by atoms with E-state index in [1.165, 1.54) is 14.2 Å². The zero-order chi connectivity index (χ0) is 53.9. The number of rotatable bonds is 24. The molecule has 5 aromatic carbocycles.